The Morgan fingerprint density at radius 1 is 1.41 bits per heavy atom. The van der Waals surface area contributed by atoms with Crippen LogP contribution in [0.5, 0.6) is 0 Å². The highest BCUT2D eigenvalue weighted by Gasteiger charge is 2.37. The third kappa shape index (κ3) is 3.32. The average molecular weight is 305 g/mol. The first-order chi connectivity index (χ1) is 10.6. The van der Waals surface area contributed by atoms with Crippen molar-refractivity contribution in [1.82, 2.24) is 4.90 Å². The Labute approximate surface area is 131 Å². The van der Waals surface area contributed by atoms with Crippen LogP contribution in [0.25, 0.3) is 0 Å². The van der Waals surface area contributed by atoms with Gasteiger partial charge in [-0.15, -0.1) is 0 Å². The average Bonchev–Trinajstić information content (AvgIpc) is 2.53. The summed E-state index contributed by atoms with van der Waals surface area (Å²) in [6.45, 7) is 3.27. The molecular formula is C18H24FNO2. The Hall–Kier alpha value is -1.42. The van der Waals surface area contributed by atoms with Crippen LogP contribution in [0.2, 0.25) is 0 Å². The molecule has 3 nitrogen and oxygen atoms in total. The van der Waals surface area contributed by atoms with Crippen LogP contribution in [-0.2, 0) is 16.0 Å². The van der Waals surface area contributed by atoms with Crippen LogP contribution in [0.15, 0.2) is 24.3 Å². The molecule has 22 heavy (non-hydrogen) atoms. The molecule has 4 heteroatoms. The highest BCUT2D eigenvalue weighted by Crippen LogP contribution is 2.29. The maximum Gasteiger partial charge on any atom is 0.226 e. The van der Waals surface area contributed by atoms with Crippen molar-refractivity contribution in [2.45, 2.75) is 51.2 Å². The molecule has 0 spiro atoms. The molecule has 0 bridgehead atoms. The van der Waals surface area contributed by atoms with Crippen LogP contribution in [-0.4, -0.2) is 36.1 Å². The molecule has 1 saturated heterocycles. The number of hydrogen-bond donors (Lipinski definition) is 0. The van der Waals surface area contributed by atoms with Crippen molar-refractivity contribution in [3.8, 4) is 0 Å². The molecule has 3 unspecified atom stereocenters. The largest absolute Gasteiger partial charge is 0.374 e. The summed E-state index contributed by atoms with van der Waals surface area (Å²) in [6, 6.07) is 6.78. The summed E-state index contributed by atoms with van der Waals surface area (Å²) in [4.78, 5) is 14.8. The zero-order chi connectivity index (χ0) is 15.5. The van der Waals surface area contributed by atoms with Gasteiger partial charge < -0.3 is 9.64 Å². The molecule has 1 amide bonds. The predicted octanol–water partition coefficient (Wildman–Crippen LogP) is 3.17. The topological polar surface area (TPSA) is 29.5 Å². The molecule has 2 aliphatic rings. The molecule has 1 aromatic carbocycles. The van der Waals surface area contributed by atoms with E-state index in [9.17, 15) is 9.18 Å². The van der Waals surface area contributed by atoms with Crippen molar-refractivity contribution in [2.24, 2.45) is 5.92 Å². The summed E-state index contributed by atoms with van der Waals surface area (Å²) in [7, 11) is 0. The van der Waals surface area contributed by atoms with Crippen molar-refractivity contribution in [3.05, 3.63) is 35.6 Å². The van der Waals surface area contributed by atoms with E-state index in [1.807, 2.05) is 17.9 Å². The molecule has 3 atom stereocenters. The van der Waals surface area contributed by atoms with E-state index in [0.717, 1.165) is 18.4 Å². The number of ether oxygens (including phenoxy) is 1. The van der Waals surface area contributed by atoms with Crippen LogP contribution in [0.3, 0.4) is 0 Å². The minimum atomic E-state index is -0.240. The van der Waals surface area contributed by atoms with Crippen LogP contribution in [0.1, 0.15) is 38.2 Å². The van der Waals surface area contributed by atoms with Gasteiger partial charge in [0.15, 0.2) is 0 Å². The first kappa shape index (κ1) is 15.5. The van der Waals surface area contributed by atoms with Gasteiger partial charge in [0, 0.05) is 12.5 Å². The Kier molecular flexibility index (Phi) is 4.77. The summed E-state index contributed by atoms with van der Waals surface area (Å²) in [5.41, 5.74) is 0.884. The molecule has 3 rings (SSSR count). The zero-order valence-electron chi connectivity index (χ0n) is 13.1. The summed E-state index contributed by atoms with van der Waals surface area (Å²) >= 11 is 0. The number of carbonyl (C=O) groups is 1. The minimum absolute atomic E-state index is 0.123. The number of rotatable bonds is 3. The first-order valence-corrected chi connectivity index (χ1v) is 8.31. The van der Waals surface area contributed by atoms with Crippen molar-refractivity contribution in [2.75, 3.05) is 13.2 Å². The van der Waals surface area contributed by atoms with E-state index in [1.165, 1.54) is 25.0 Å². The zero-order valence-corrected chi connectivity index (χ0v) is 13.1. The van der Waals surface area contributed by atoms with Crippen LogP contribution in [0, 0.1) is 11.7 Å². The molecule has 1 saturated carbocycles. The highest BCUT2D eigenvalue weighted by molar-refractivity contribution is 5.79. The third-order valence-corrected chi connectivity index (χ3v) is 4.87. The molecule has 2 fully saturated rings. The molecule has 0 aromatic heterocycles. The van der Waals surface area contributed by atoms with E-state index < -0.39 is 0 Å². The lowest BCUT2D eigenvalue weighted by molar-refractivity contribution is -0.153. The second-order valence-corrected chi connectivity index (χ2v) is 6.53. The summed E-state index contributed by atoms with van der Waals surface area (Å²) < 4.78 is 19.1. The molecule has 0 N–H and O–H groups in total. The Bertz CT molecular complexity index is 532. The normalized spacial score (nSPS) is 26.4. The maximum absolute atomic E-state index is 13.3. The number of carbonyl (C=O) groups excluding carboxylic acids is 1. The number of benzene rings is 1. The van der Waals surface area contributed by atoms with E-state index in [1.54, 1.807) is 6.07 Å². The van der Waals surface area contributed by atoms with Gasteiger partial charge in [-0.2, -0.15) is 0 Å². The second-order valence-electron chi connectivity index (χ2n) is 6.53. The summed E-state index contributed by atoms with van der Waals surface area (Å²) in [5, 5.41) is 0. The monoisotopic (exact) mass is 305 g/mol. The number of nitrogens with zero attached hydrogens (tertiary/aromatic N) is 1. The molecule has 1 aromatic rings. The predicted molar refractivity (Wildman–Crippen MR) is 83.0 cm³/mol. The first-order valence-electron chi connectivity index (χ1n) is 8.31. The molecule has 1 aliphatic carbocycles. The van der Waals surface area contributed by atoms with Crippen molar-refractivity contribution >= 4 is 5.91 Å². The molecular weight excluding hydrogens is 281 g/mol. The maximum atomic E-state index is 13.3. The minimum Gasteiger partial charge on any atom is -0.374 e. The van der Waals surface area contributed by atoms with Gasteiger partial charge in [-0.25, -0.2) is 4.39 Å². The van der Waals surface area contributed by atoms with Gasteiger partial charge in [0.2, 0.25) is 5.91 Å². The highest BCUT2D eigenvalue weighted by atomic mass is 19.1. The van der Waals surface area contributed by atoms with Crippen molar-refractivity contribution in [3.63, 3.8) is 0 Å². The van der Waals surface area contributed by atoms with Crippen LogP contribution < -0.4 is 0 Å². The van der Waals surface area contributed by atoms with Gasteiger partial charge in [-0.05, 0) is 37.0 Å². The van der Waals surface area contributed by atoms with E-state index in [4.69, 9.17) is 4.74 Å². The number of amides is 1. The molecule has 0 radical (unpaired) electrons. The summed E-state index contributed by atoms with van der Waals surface area (Å²) in [6.07, 6.45) is 5.28. The molecule has 1 aliphatic heterocycles. The van der Waals surface area contributed by atoms with Gasteiger partial charge in [0.1, 0.15) is 5.82 Å². The van der Waals surface area contributed by atoms with Crippen LogP contribution >= 0.6 is 0 Å². The fourth-order valence-electron chi connectivity index (χ4n) is 3.76. The van der Waals surface area contributed by atoms with Crippen LogP contribution in [0.4, 0.5) is 4.39 Å². The fourth-order valence-corrected chi connectivity index (χ4v) is 3.76. The van der Waals surface area contributed by atoms with Gasteiger partial charge in [0.05, 0.1) is 18.8 Å². The summed E-state index contributed by atoms with van der Waals surface area (Å²) in [5.74, 6) is -0.178. The Morgan fingerprint density at radius 3 is 3.05 bits per heavy atom. The SMILES string of the molecule is CC(Cc1cccc(F)c1)C(=O)N1CCOC2CCCCC21. The number of halogens is 1. The van der Waals surface area contributed by atoms with Gasteiger partial charge >= 0.3 is 0 Å². The smallest absolute Gasteiger partial charge is 0.226 e. The lowest BCUT2D eigenvalue weighted by Crippen LogP contribution is -2.56. The van der Waals surface area contributed by atoms with E-state index in [2.05, 4.69) is 0 Å². The van der Waals surface area contributed by atoms with Crippen molar-refractivity contribution < 1.29 is 13.9 Å². The van der Waals surface area contributed by atoms with E-state index in [-0.39, 0.29) is 29.8 Å². The second kappa shape index (κ2) is 6.78. The number of hydrogen-bond acceptors (Lipinski definition) is 2. The van der Waals surface area contributed by atoms with Gasteiger partial charge in [0.25, 0.3) is 0 Å². The standard InChI is InChI=1S/C18H24FNO2/c1-13(11-14-5-4-6-15(19)12-14)18(21)20-9-10-22-17-8-3-2-7-16(17)20/h4-6,12-13,16-17H,2-3,7-11H2,1H3. The lowest BCUT2D eigenvalue weighted by atomic mass is 9.89. The number of morpholine rings is 1. The Balaban J connectivity index is 1.66. The number of fused-ring (bicyclic) bond motifs is 1. The van der Waals surface area contributed by atoms with E-state index in [0.29, 0.717) is 19.6 Å². The molecule has 120 valence electrons. The van der Waals surface area contributed by atoms with Gasteiger partial charge in [-0.3, -0.25) is 4.79 Å². The van der Waals surface area contributed by atoms with Crippen molar-refractivity contribution in [1.29, 1.82) is 0 Å². The third-order valence-electron chi connectivity index (χ3n) is 4.87. The lowest BCUT2D eigenvalue weighted by Gasteiger charge is -2.44. The fraction of sp³-hybridized carbons (Fsp3) is 0.611. The Morgan fingerprint density at radius 2 is 2.23 bits per heavy atom. The molecule has 1 heterocycles. The van der Waals surface area contributed by atoms with E-state index >= 15 is 0 Å². The van der Waals surface area contributed by atoms with Gasteiger partial charge in [-0.1, -0.05) is 31.9 Å². The quantitative estimate of drug-likeness (QED) is 0.858.